The van der Waals surface area contributed by atoms with E-state index >= 15 is 0 Å². The smallest absolute Gasteiger partial charge is 0.251 e. The number of carbonyl (C=O) groups excluding carboxylic acids is 1. The molecule has 2 heterocycles. The topological polar surface area (TPSA) is 85.8 Å². The van der Waals surface area contributed by atoms with Crippen molar-refractivity contribution in [1.29, 1.82) is 0 Å². The van der Waals surface area contributed by atoms with Crippen LogP contribution in [-0.4, -0.2) is 32.2 Å². The fourth-order valence-electron chi connectivity index (χ4n) is 3.91. The van der Waals surface area contributed by atoms with Gasteiger partial charge in [-0.1, -0.05) is 19.3 Å². The molecule has 7 nitrogen and oxygen atoms in total. The Balaban J connectivity index is 1.35. The van der Waals surface area contributed by atoms with Crippen molar-refractivity contribution in [2.45, 2.75) is 64.8 Å². The van der Waals surface area contributed by atoms with Crippen LogP contribution in [0.1, 0.15) is 72.3 Å². The monoisotopic (exact) mass is 381 g/mol. The number of amides is 1. The van der Waals surface area contributed by atoms with Gasteiger partial charge in [0.05, 0.1) is 0 Å². The highest BCUT2D eigenvalue weighted by Crippen LogP contribution is 2.33. The third-order valence-electron chi connectivity index (χ3n) is 5.42. The van der Waals surface area contributed by atoms with Crippen molar-refractivity contribution in [2.75, 3.05) is 6.54 Å². The van der Waals surface area contributed by atoms with Crippen molar-refractivity contribution < 1.29 is 9.21 Å². The second kappa shape index (κ2) is 8.12. The third-order valence-corrected chi connectivity index (χ3v) is 5.42. The summed E-state index contributed by atoms with van der Waals surface area (Å²) in [5.74, 6) is 2.82. The van der Waals surface area contributed by atoms with Crippen LogP contribution in [0.5, 0.6) is 0 Å². The van der Waals surface area contributed by atoms with Gasteiger partial charge in [-0.3, -0.25) is 9.48 Å². The van der Waals surface area contributed by atoms with E-state index in [-0.39, 0.29) is 5.91 Å². The van der Waals surface area contributed by atoms with Gasteiger partial charge < -0.3 is 9.73 Å². The Morgan fingerprint density at radius 3 is 2.79 bits per heavy atom. The summed E-state index contributed by atoms with van der Waals surface area (Å²) < 4.78 is 7.86. The maximum Gasteiger partial charge on any atom is 0.251 e. The number of rotatable bonds is 6. The molecule has 0 aliphatic heterocycles. The number of carbonyl (C=O) groups is 1. The first-order chi connectivity index (χ1) is 13.6. The number of oxazole rings is 1. The molecule has 1 N–H and O–H groups in total. The minimum absolute atomic E-state index is 0.0935. The standard InChI is InChI=1S/C21H27N5O2/c1-14-23-15(2)26(25-14)12-6-11-22-20(27)17-9-10-18-19(13-17)28-21(24-18)16-7-4-3-5-8-16/h9-10,13,16H,3-8,11-12H2,1-2H3,(H,22,27). The maximum atomic E-state index is 12.5. The Hall–Kier alpha value is -2.70. The van der Waals surface area contributed by atoms with Crippen LogP contribution in [0.25, 0.3) is 11.1 Å². The highest BCUT2D eigenvalue weighted by Gasteiger charge is 2.21. The molecule has 7 heteroatoms. The van der Waals surface area contributed by atoms with E-state index in [9.17, 15) is 4.79 Å². The van der Waals surface area contributed by atoms with Gasteiger partial charge in [-0.2, -0.15) is 5.10 Å². The molecule has 3 aromatic rings. The van der Waals surface area contributed by atoms with Gasteiger partial charge in [-0.05, 0) is 51.3 Å². The van der Waals surface area contributed by atoms with Crippen LogP contribution in [0.4, 0.5) is 0 Å². The van der Waals surface area contributed by atoms with Crippen LogP contribution in [0.2, 0.25) is 0 Å². The molecule has 4 rings (SSSR count). The van der Waals surface area contributed by atoms with Crippen molar-refractivity contribution in [3.05, 3.63) is 41.3 Å². The minimum atomic E-state index is -0.0935. The summed E-state index contributed by atoms with van der Waals surface area (Å²) in [5.41, 5.74) is 2.13. The minimum Gasteiger partial charge on any atom is -0.440 e. The van der Waals surface area contributed by atoms with E-state index in [1.54, 1.807) is 6.07 Å². The first-order valence-electron chi connectivity index (χ1n) is 10.2. The highest BCUT2D eigenvalue weighted by molar-refractivity contribution is 5.97. The summed E-state index contributed by atoms with van der Waals surface area (Å²) in [6, 6.07) is 5.49. The quantitative estimate of drug-likeness (QED) is 0.655. The van der Waals surface area contributed by atoms with Crippen LogP contribution in [-0.2, 0) is 6.54 Å². The number of aromatic nitrogens is 4. The lowest BCUT2D eigenvalue weighted by Gasteiger charge is -2.17. The first-order valence-corrected chi connectivity index (χ1v) is 10.2. The molecule has 2 aromatic heterocycles. The largest absolute Gasteiger partial charge is 0.440 e. The predicted molar refractivity (Wildman–Crippen MR) is 106 cm³/mol. The van der Waals surface area contributed by atoms with E-state index in [2.05, 4.69) is 20.4 Å². The van der Waals surface area contributed by atoms with Crippen molar-refractivity contribution in [2.24, 2.45) is 0 Å². The number of hydrogen-bond acceptors (Lipinski definition) is 5. The Kier molecular flexibility index (Phi) is 5.41. The molecule has 1 aliphatic rings. The lowest BCUT2D eigenvalue weighted by Crippen LogP contribution is -2.25. The molecule has 1 aromatic carbocycles. The number of nitrogens with one attached hydrogen (secondary N) is 1. The molecule has 0 atom stereocenters. The number of fused-ring (bicyclic) bond motifs is 1. The van der Waals surface area contributed by atoms with Gasteiger partial charge in [0.2, 0.25) is 0 Å². The molecular formula is C21H27N5O2. The fraction of sp³-hybridized carbons (Fsp3) is 0.524. The highest BCUT2D eigenvalue weighted by atomic mass is 16.3. The molecule has 0 bridgehead atoms. The molecule has 0 radical (unpaired) electrons. The van der Waals surface area contributed by atoms with Crippen LogP contribution in [0.3, 0.4) is 0 Å². The van der Waals surface area contributed by atoms with Gasteiger partial charge in [0, 0.05) is 24.6 Å². The third kappa shape index (κ3) is 4.08. The van der Waals surface area contributed by atoms with Crippen LogP contribution < -0.4 is 5.32 Å². The van der Waals surface area contributed by atoms with Crippen molar-refractivity contribution in [3.8, 4) is 0 Å². The Morgan fingerprint density at radius 1 is 1.21 bits per heavy atom. The number of hydrogen-bond donors (Lipinski definition) is 1. The van der Waals surface area contributed by atoms with E-state index < -0.39 is 0 Å². The molecule has 1 saturated carbocycles. The van der Waals surface area contributed by atoms with Crippen molar-refractivity contribution >= 4 is 17.0 Å². The summed E-state index contributed by atoms with van der Waals surface area (Å²) in [6.45, 7) is 5.13. The van der Waals surface area contributed by atoms with Gasteiger partial charge >= 0.3 is 0 Å². The summed E-state index contributed by atoms with van der Waals surface area (Å²) in [6.07, 6.45) is 6.87. The lowest BCUT2D eigenvalue weighted by atomic mass is 9.89. The number of nitrogens with zero attached hydrogens (tertiary/aromatic N) is 4. The molecular weight excluding hydrogens is 354 g/mol. The normalized spacial score (nSPS) is 15.2. The van der Waals surface area contributed by atoms with E-state index in [1.807, 2.05) is 30.7 Å². The van der Waals surface area contributed by atoms with Crippen molar-refractivity contribution in [3.63, 3.8) is 0 Å². The van der Waals surface area contributed by atoms with Crippen LogP contribution >= 0.6 is 0 Å². The van der Waals surface area contributed by atoms with E-state index in [4.69, 9.17) is 4.42 Å². The zero-order valence-corrected chi connectivity index (χ0v) is 16.6. The summed E-state index contributed by atoms with van der Waals surface area (Å²) in [4.78, 5) is 21.4. The van der Waals surface area contributed by atoms with Crippen LogP contribution in [0.15, 0.2) is 22.6 Å². The maximum absolute atomic E-state index is 12.5. The van der Waals surface area contributed by atoms with Gasteiger partial charge in [-0.15, -0.1) is 0 Å². The van der Waals surface area contributed by atoms with Crippen molar-refractivity contribution in [1.82, 2.24) is 25.1 Å². The second-order valence-corrected chi connectivity index (χ2v) is 7.61. The first kappa shape index (κ1) is 18.7. The van der Waals surface area contributed by atoms with E-state index in [1.165, 1.54) is 19.3 Å². The molecule has 148 valence electrons. The molecule has 1 aliphatic carbocycles. The predicted octanol–water partition coefficient (Wildman–Crippen LogP) is 3.90. The molecule has 0 unspecified atom stereocenters. The SMILES string of the molecule is Cc1nc(C)n(CCCNC(=O)c2ccc3nc(C4CCCCC4)oc3c2)n1. The Labute approximate surface area is 164 Å². The molecule has 1 fully saturated rings. The van der Waals surface area contributed by atoms with E-state index in [0.29, 0.717) is 23.6 Å². The summed E-state index contributed by atoms with van der Waals surface area (Å²) in [7, 11) is 0. The average molecular weight is 381 g/mol. The average Bonchev–Trinajstić information content (AvgIpc) is 3.27. The summed E-state index contributed by atoms with van der Waals surface area (Å²) >= 11 is 0. The van der Waals surface area contributed by atoms with Crippen LogP contribution in [0, 0.1) is 13.8 Å². The Morgan fingerprint density at radius 2 is 2.04 bits per heavy atom. The fourth-order valence-corrected chi connectivity index (χ4v) is 3.91. The lowest BCUT2D eigenvalue weighted by molar-refractivity contribution is 0.0952. The number of aryl methyl sites for hydroxylation is 3. The second-order valence-electron chi connectivity index (χ2n) is 7.61. The zero-order chi connectivity index (χ0) is 19.5. The van der Waals surface area contributed by atoms with Gasteiger partial charge in [0.1, 0.15) is 17.2 Å². The van der Waals surface area contributed by atoms with Gasteiger partial charge in [0.25, 0.3) is 5.91 Å². The molecule has 0 saturated heterocycles. The zero-order valence-electron chi connectivity index (χ0n) is 16.6. The van der Waals surface area contributed by atoms with Gasteiger partial charge in [-0.25, -0.2) is 9.97 Å². The molecule has 1 amide bonds. The van der Waals surface area contributed by atoms with Gasteiger partial charge in [0.15, 0.2) is 11.5 Å². The van der Waals surface area contributed by atoms with E-state index in [0.717, 1.165) is 48.9 Å². The Bertz CT molecular complexity index is 968. The number of benzene rings is 1. The molecule has 28 heavy (non-hydrogen) atoms. The summed E-state index contributed by atoms with van der Waals surface area (Å²) in [5, 5.41) is 7.30. The molecule has 0 spiro atoms.